The van der Waals surface area contributed by atoms with Gasteiger partial charge in [0.1, 0.15) is 0 Å². The zero-order valence-electron chi connectivity index (χ0n) is 9.13. The molecule has 15 heavy (non-hydrogen) atoms. The number of rotatable bonds is 4. The first-order chi connectivity index (χ1) is 7.17. The second kappa shape index (κ2) is 5.80. The zero-order chi connectivity index (χ0) is 11.3. The smallest absolute Gasteiger partial charge is 0.0688 e. The summed E-state index contributed by atoms with van der Waals surface area (Å²) < 4.78 is 0. The number of terminal acetylenes is 1. The minimum absolute atomic E-state index is 0.135. The van der Waals surface area contributed by atoms with Gasteiger partial charge in [0, 0.05) is 11.1 Å². The summed E-state index contributed by atoms with van der Waals surface area (Å²) in [6.07, 6.45) is 6.34. The fourth-order valence-electron chi connectivity index (χ4n) is 1.43. The van der Waals surface area contributed by atoms with E-state index in [-0.39, 0.29) is 12.1 Å². The highest BCUT2D eigenvalue weighted by atomic mass is 35.5. The molecule has 0 saturated carbocycles. The van der Waals surface area contributed by atoms with E-state index in [1.165, 1.54) is 5.56 Å². The van der Waals surface area contributed by atoms with Gasteiger partial charge in [0.15, 0.2) is 0 Å². The summed E-state index contributed by atoms with van der Waals surface area (Å²) in [7, 11) is 0. The van der Waals surface area contributed by atoms with Gasteiger partial charge in [-0.05, 0) is 31.0 Å². The van der Waals surface area contributed by atoms with Crippen molar-refractivity contribution in [1.29, 1.82) is 0 Å². The number of hydrogen-bond acceptors (Lipinski definition) is 1. The van der Waals surface area contributed by atoms with Crippen molar-refractivity contribution < 1.29 is 0 Å². The Morgan fingerprint density at radius 1 is 1.40 bits per heavy atom. The molecule has 0 aliphatic carbocycles. The lowest BCUT2D eigenvalue weighted by molar-refractivity contribution is 0.512. The van der Waals surface area contributed by atoms with Crippen LogP contribution in [0.5, 0.6) is 0 Å². The zero-order valence-corrected chi connectivity index (χ0v) is 9.88. The molecule has 0 aliphatic rings. The minimum Gasteiger partial charge on any atom is -0.297 e. The van der Waals surface area contributed by atoms with Crippen LogP contribution in [0.1, 0.15) is 31.9 Å². The fraction of sp³-hybridized carbons (Fsp3) is 0.385. The Morgan fingerprint density at radius 3 is 2.47 bits per heavy atom. The van der Waals surface area contributed by atoms with Crippen LogP contribution in [0.25, 0.3) is 0 Å². The highest BCUT2D eigenvalue weighted by Crippen LogP contribution is 2.16. The van der Waals surface area contributed by atoms with Crippen LogP contribution in [0.2, 0.25) is 5.02 Å². The Kier molecular flexibility index (Phi) is 4.68. The molecule has 2 heteroatoms. The number of benzene rings is 1. The molecule has 0 amide bonds. The largest absolute Gasteiger partial charge is 0.297 e. The first kappa shape index (κ1) is 12.1. The summed E-state index contributed by atoms with van der Waals surface area (Å²) in [6.45, 7) is 4.18. The predicted molar refractivity (Wildman–Crippen MR) is 65.9 cm³/mol. The van der Waals surface area contributed by atoms with Gasteiger partial charge in [0.2, 0.25) is 0 Å². The maximum absolute atomic E-state index is 5.82. The molecule has 0 fully saturated rings. The molecule has 0 aliphatic heterocycles. The first-order valence-corrected chi connectivity index (χ1v) is 5.52. The third kappa shape index (κ3) is 3.58. The maximum atomic E-state index is 5.82. The van der Waals surface area contributed by atoms with Gasteiger partial charge < -0.3 is 0 Å². The van der Waals surface area contributed by atoms with Crippen molar-refractivity contribution in [2.24, 2.45) is 0 Å². The molecule has 1 nitrogen and oxygen atoms in total. The molecule has 1 unspecified atom stereocenters. The van der Waals surface area contributed by atoms with E-state index in [9.17, 15) is 0 Å². The molecule has 0 spiro atoms. The predicted octanol–water partition coefficient (Wildman–Crippen LogP) is 3.40. The monoisotopic (exact) mass is 221 g/mol. The molecule has 0 bridgehead atoms. The molecule has 2 atom stereocenters. The molecule has 0 saturated heterocycles. The summed E-state index contributed by atoms with van der Waals surface area (Å²) >= 11 is 5.82. The molecule has 1 aromatic carbocycles. The molecule has 0 heterocycles. The lowest BCUT2D eigenvalue weighted by atomic mass is 10.1. The molecule has 80 valence electrons. The standard InChI is InChI=1S/C13H16ClN/c1-4-13(5-2)15-10(3)11-6-8-12(14)9-7-11/h1,6-10,13,15H,5H2,2-3H3/t10-,13?/m0/s1. The second-order valence-corrected chi connectivity index (χ2v) is 4.00. The van der Waals surface area contributed by atoms with Crippen molar-refractivity contribution in [1.82, 2.24) is 5.32 Å². The van der Waals surface area contributed by atoms with Crippen LogP contribution >= 0.6 is 11.6 Å². The lowest BCUT2D eigenvalue weighted by Crippen LogP contribution is -2.29. The van der Waals surface area contributed by atoms with Gasteiger partial charge >= 0.3 is 0 Å². The third-order valence-corrected chi connectivity index (χ3v) is 2.68. The number of hydrogen-bond donors (Lipinski definition) is 1. The summed E-state index contributed by atoms with van der Waals surface area (Å²) in [5.41, 5.74) is 1.20. The molecule has 0 aromatic heterocycles. The molecule has 1 aromatic rings. The molecule has 1 N–H and O–H groups in total. The van der Waals surface area contributed by atoms with E-state index >= 15 is 0 Å². The normalized spacial score (nSPS) is 14.3. The summed E-state index contributed by atoms with van der Waals surface area (Å²) in [4.78, 5) is 0. The van der Waals surface area contributed by atoms with Crippen LogP contribution < -0.4 is 5.32 Å². The molecule has 0 radical (unpaired) electrons. The number of nitrogens with one attached hydrogen (secondary N) is 1. The summed E-state index contributed by atoms with van der Waals surface area (Å²) in [6, 6.07) is 8.21. The van der Waals surface area contributed by atoms with Crippen LogP contribution in [-0.4, -0.2) is 6.04 Å². The van der Waals surface area contributed by atoms with Gasteiger partial charge in [0.25, 0.3) is 0 Å². The third-order valence-electron chi connectivity index (χ3n) is 2.43. The van der Waals surface area contributed by atoms with E-state index in [1.807, 2.05) is 24.3 Å². The Labute approximate surface area is 96.8 Å². The van der Waals surface area contributed by atoms with Crippen molar-refractivity contribution in [3.05, 3.63) is 34.9 Å². The van der Waals surface area contributed by atoms with Crippen molar-refractivity contribution in [2.75, 3.05) is 0 Å². The van der Waals surface area contributed by atoms with E-state index in [4.69, 9.17) is 18.0 Å². The molecular formula is C13H16ClN. The second-order valence-electron chi connectivity index (χ2n) is 3.57. The van der Waals surface area contributed by atoms with Gasteiger partial charge in [0.05, 0.1) is 6.04 Å². The molecule has 1 rings (SSSR count). The topological polar surface area (TPSA) is 12.0 Å². The van der Waals surface area contributed by atoms with Gasteiger partial charge in [-0.1, -0.05) is 36.6 Å². The van der Waals surface area contributed by atoms with Crippen molar-refractivity contribution in [3.63, 3.8) is 0 Å². The van der Waals surface area contributed by atoms with Gasteiger partial charge in [-0.2, -0.15) is 0 Å². The van der Waals surface area contributed by atoms with Crippen LogP contribution in [0.4, 0.5) is 0 Å². The number of halogens is 1. The first-order valence-electron chi connectivity index (χ1n) is 5.15. The summed E-state index contributed by atoms with van der Waals surface area (Å²) in [5, 5.41) is 4.13. The highest BCUT2D eigenvalue weighted by molar-refractivity contribution is 6.30. The highest BCUT2D eigenvalue weighted by Gasteiger charge is 2.08. The average molecular weight is 222 g/mol. The van der Waals surface area contributed by atoms with Crippen LogP contribution in [0.15, 0.2) is 24.3 Å². The van der Waals surface area contributed by atoms with Crippen LogP contribution in [0, 0.1) is 12.3 Å². The Morgan fingerprint density at radius 2 is 2.00 bits per heavy atom. The quantitative estimate of drug-likeness (QED) is 0.769. The SMILES string of the molecule is C#CC(CC)N[C@@H](C)c1ccc(Cl)cc1. The van der Waals surface area contributed by atoms with Crippen LogP contribution in [0.3, 0.4) is 0 Å². The van der Waals surface area contributed by atoms with Gasteiger partial charge in [-0.3, -0.25) is 5.32 Å². The Balaban J connectivity index is 2.65. The minimum atomic E-state index is 0.135. The van der Waals surface area contributed by atoms with E-state index < -0.39 is 0 Å². The molecular weight excluding hydrogens is 206 g/mol. The fourth-order valence-corrected chi connectivity index (χ4v) is 1.56. The maximum Gasteiger partial charge on any atom is 0.0688 e. The van der Waals surface area contributed by atoms with Crippen molar-refractivity contribution in [3.8, 4) is 12.3 Å². The lowest BCUT2D eigenvalue weighted by Gasteiger charge is -2.18. The Hall–Kier alpha value is -0.970. The van der Waals surface area contributed by atoms with E-state index in [1.54, 1.807) is 0 Å². The van der Waals surface area contributed by atoms with E-state index in [0.29, 0.717) is 0 Å². The van der Waals surface area contributed by atoms with E-state index in [0.717, 1.165) is 11.4 Å². The van der Waals surface area contributed by atoms with Crippen molar-refractivity contribution in [2.45, 2.75) is 32.4 Å². The van der Waals surface area contributed by atoms with E-state index in [2.05, 4.69) is 25.1 Å². The Bertz CT molecular complexity index is 337. The van der Waals surface area contributed by atoms with Gasteiger partial charge in [-0.25, -0.2) is 0 Å². The van der Waals surface area contributed by atoms with Crippen molar-refractivity contribution >= 4 is 11.6 Å². The van der Waals surface area contributed by atoms with Gasteiger partial charge in [-0.15, -0.1) is 6.42 Å². The summed E-state index contributed by atoms with van der Waals surface area (Å²) in [5.74, 6) is 2.73. The van der Waals surface area contributed by atoms with Crippen LogP contribution in [-0.2, 0) is 0 Å². The average Bonchev–Trinajstić information content (AvgIpc) is 2.26.